The van der Waals surface area contributed by atoms with Crippen LogP contribution >= 0.6 is 0 Å². The van der Waals surface area contributed by atoms with Gasteiger partial charge in [-0.1, -0.05) is 36.4 Å². The van der Waals surface area contributed by atoms with Crippen molar-refractivity contribution in [3.05, 3.63) is 72.8 Å². The molecular weight excluding hydrogens is 248 g/mol. The Kier molecular flexibility index (Phi) is 2.46. The van der Waals surface area contributed by atoms with E-state index < -0.39 is 0 Å². The zero-order valence-corrected chi connectivity index (χ0v) is 10.7. The van der Waals surface area contributed by atoms with Crippen molar-refractivity contribution < 1.29 is 9.15 Å². The highest BCUT2D eigenvalue weighted by atomic mass is 16.5. The van der Waals surface area contributed by atoms with Gasteiger partial charge >= 0.3 is 0 Å². The zero-order valence-electron chi connectivity index (χ0n) is 10.7. The van der Waals surface area contributed by atoms with E-state index in [2.05, 4.69) is 6.07 Å². The molecule has 0 bridgehead atoms. The molecule has 4 rings (SSSR count). The number of ether oxygens (including phenoxy) is 1. The van der Waals surface area contributed by atoms with Crippen LogP contribution in [-0.2, 0) is 0 Å². The number of rotatable bonds is 2. The Bertz CT molecular complexity index is 876. The predicted octanol–water partition coefficient (Wildman–Crippen LogP) is 5.38. The molecule has 2 heteroatoms. The molecule has 0 N–H and O–H groups in total. The van der Waals surface area contributed by atoms with Crippen molar-refractivity contribution in [1.29, 1.82) is 0 Å². The molecule has 0 radical (unpaired) electrons. The summed E-state index contributed by atoms with van der Waals surface area (Å²) in [5.41, 5.74) is 1.78. The van der Waals surface area contributed by atoms with Gasteiger partial charge < -0.3 is 9.15 Å². The van der Waals surface area contributed by atoms with Crippen LogP contribution in [0.4, 0.5) is 0 Å². The molecule has 0 fully saturated rings. The molecule has 96 valence electrons. The Morgan fingerprint density at radius 2 is 1.35 bits per heavy atom. The van der Waals surface area contributed by atoms with E-state index in [-0.39, 0.29) is 0 Å². The highest BCUT2D eigenvalue weighted by Crippen LogP contribution is 2.32. The van der Waals surface area contributed by atoms with Crippen molar-refractivity contribution in [2.45, 2.75) is 0 Å². The van der Waals surface area contributed by atoms with Gasteiger partial charge in [-0.3, -0.25) is 0 Å². The van der Waals surface area contributed by atoms with Gasteiger partial charge in [0.25, 0.3) is 0 Å². The van der Waals surface area contributed by atoms with Crippen LogP contribution in [0.3, 0.4) is 0 Å². The summed E-state index contributed by atoms with van der Waals surface area (Å²) in [6.45, 7) is 0. The summed E-state index contributed by atoms with van der Waals surface area (Å²) in [5.74, 6) is 1.65. The minimum atomic E-state index is 0.815. The van der Waals surface area contributed by atoms with Crippen molar-refractivity contribution in [2.75, 3.05) is 0 Å². The molecular formula is C18H12O2. The third-order valence-electron chi connectivity index (χ3n) is 3.33. The highest BCUT2D eigenvalue weighted by molar-refractivity contribution is 6.05. The lowest BCUT2D eigenvalue weighted by Gasteiger charge is -2.04. The maximum absolute atomic E-state index is 5.86. The monoisotopic (exact) mass is 260 g/mol. The number of para-hydroxylation sites is 2. The summed E-state index contributed by atoms with van der Waals surface area (Å²) >= 11 is 0. The smallest absolute Gasteiger partial charge is 0.135 e. The van der Waals surface area contributed by atoms with Gasteiger partial charge in [-0.05, 0) is 36.4 Å². The van der Waals surface area contributed by atoms with Crippen molar-refractivity contribution in [1.82, 2.24) is 0 Å². The average molecular weight is 260 g/mol. The lowest BCUT2D eigenvalue weighted by molar-refractivity contribution is 0.483. The van der Waals surface area contributed by atoms with Gasteiger partial charge in [0, 0.05) is 10.8 Å². The van der Waals surface area contributed by atoms with Crippen molar-refractivity contribution in [3.63, 3.8) is 0 Å². The van der Waals surface area contributed by atoms with Crippen LogP contribution in [0.1, 0.15) is 0 Å². The molecule has 20 heavy (non-hydrogen) atoms. The summed E-state index contributed by atoms with van der Waals surface area (Å²) < 4.78 is 11.7. The number of benzene rings is 3. The standard InChI is InChI=1S/C18H12O2/c1-2-6-13(7-3-1)19-14-10-11-18-16(12-14)15-8-4-5-9-17(15)20-18/h1-12H. The van der Waals surface area contributed by atoms with Crippen LogP contribution < -0.4 is 4.74 Å². The molecule has 0 unspecified atom stereocenters. The molecule has 3 aromatic carbocycles. The van der Waals surface area contributed by atoms with Crippen LogP contribution in [0.25, 0.3) is 21.9 Å². The normalized spacial score (nSPS) is 11.0. The molecule has 0 aliphatic rings. The Labute approximate surface area is 116 Å². The number of furan rings is 1. The van der Waals surface area contributed by atoms with Gasteiger partial charge in [-0.2, -0.15) is 0 Å². The summed E-state index contributed by atoms with van der Waals surface area (Å²) in [6.07, 6.45) is 0. The highest BCUT2D eigenvalue weighted by Gasteiger charge is 2.07. The van der Waals surface area contributed by atoms with Gasteiger partial charge in [-0.15, -0.1) is 0 Å². The van der Waals surface area contributed by atoms with E-state index in [1.807, 2.05) is 66.7 Å². The Balaban J connectivity index is 1.83. The topological polar surface area (TPSA) is 22.4 Å². The molecule has 0 aliphatic carbocycles. The predicted molar refractivity (Wildman–Crippen MR) is 80.2 cm³/mol. The quantitative estimate of drug-likeness (QED) is 0.483. The summed E-state index contributed by atoms with van der Waals surface area (Å²) in [4.78, 5) is 0. The number of fused-ring (bicyclic) bond motifs is 3. The van der Waals surface area contributed by atoms with E-state index in [1.54, 1.807) is 0 Å². The maximum atomic E-state index is 5.86. The minimum Gasteiger partial charge on any atom is -0.457 e. The first-order valence-corrected chi connectivity index (χ1v) is 6.54. The second kappa shape index (κ2) is 4.42. The Morgan fingerprint density at radius 3 is 2.25 bits per heavy atom. The average Bonchev–Trinajstić information content (AvgIpc) is 2.86. The number of hydrogen-bond donors (Lipinski definition) is 0. The molecule has 0 saturated heterocycles. The molecule has 1 heterocycles. The first-order valence-electron chi connectivity index (χ1n) is 6.54. The minimum absolute atomic E-state index is 0.815. The fraction of sp³-hybridized carbons (Fsp3) is 0. The lowest BCUT2D eigenvalue weighted by atomic mass is 10.1. The van der Waals surface area contributed by atoms with Gasteiger partial charge in [-0.25, -0.2) is 0 Å². The van der Waals surface area contributed by atoms with E-state index in [1.165, 1.54) is 0 Å². The van der Waals surface area contributed by atoms with Crippen molar-refractivity contribution in [2.24, 2.45) is 0 Å². The SMILES string of the molecule is c1ccc(Oc2ccc3oc4ccccc4c3c2)cc1. The third kappa shape index (κ3) is 1.82. The largest absolute Gasteiger partial charge is 0.457 e. The zero-order chi connectivity index (χ0) is 13.4. The van der Waals surface area contributed by atoms with E-state index in [0.717, 1.165) is 33.4 Å². The van der Waals surface area contributed by atoms with E-state index in [9.17, 15) is 0 Å². The molecule has 0 aliphatic heterocycles. The fourth-order valence-electron chi connectivity index (χ4n) is 2.39. The van der Waals surface area contributed by atoms with E-state index in [0.29, 0.717) is 0 Å². The molecule has 4 aromatic rings. The van der Waals surface area contributed by atoms with Crippen LogP contribution in [0.2, 0.25) is 0 Å². The maximum Gasteiger partial charge on any atom is 0.135 e. The molecule has 0 spiro atoms. The van der Waals surface area contributed by atoms with Gasteiger partial charge in [0.15, 0.2) is 0 Å². The molecule has 0 atom stereocenters. The van der Waals surface area contributed by atoms with Gasteiger partial charge in [0.1, 0.15) is 22.7 Å². The second-order valence-electron chi connectivity index (χ2n) is 4.67. The molecule has 1 aromatic heterocycles. The second-order valence-corrected chi connectivity index (χ2v) is 4.67. The van der Waals surface area contributed by atoms with Crippen LogP contribution in [-0.4, -0.2) is 0 Å². The Hall–Kier alpha value is -2.74. The lowest BCUT2D eigenvalue weighted by Crippen LogP contribution is -1.82. The van der Waals surface area contributed by atoms with E-state index in [4.69, 9.17) is 9.15 Å². The summed E-state index contributed by atoms with van der Waals surface area (Å²) in [7, 11) is 0. The summed E-state index contributed by atoms with van der Waals surface area (Å²) in [5, 5.41) is 2.19. The van der Waals surface area contributed by atoms with Crippen molar-refractivity contribution in [3.8, 4) is 11.5 Å². The van der Waals surface area contributed by atoms with Gasteiger partial charge in [0.05, 0.1) is 0 Å². The molecule has 0 amide bonds. The fourth-order valence-corrected chi connectivity index (χ4v) is 2.39. The Morgan fingerprint density at radius 1 is 0.600 bits per heavy atom. The van der Waals surface area contributed by atoms with Crippen LogP contribution in [0.5, 0.6) is 11.5 Å². The first-order chi connectivity index (χ1) is 9.90. The molecule has 0 saturated carbocycles. The number of hydrogen-bond acceptors (Lipinski definition) is 2. The third-order valence-corrected chi connectivity index (χ3v) is 3.33. The van der Waals surface area contributed by atoms with Gasteiger partial charge in [0.2, 0.25) is 0 Å². The van der Waals surface area contributed by atoms with Crippen LogP contribution in [0, 0.1) is 0 Å². The summed E-state index contributed by atoms with van der Waals surface area (Å²) in [6, 6.07) is 23.7. The van der Waals surface area contributed by atoms with E-state index >= 15 is 0 Å². The van der Waals surface area contributed by atoms with Crippen molar-refractivity contribution >= 4 is 21.9 Å². The molecule has 2 nitrogen and oxygen atoms in total. The van der Waals surface area contributed by atoms with Crippen LogP contribution in [0.15, 0.2) is 77.2 Å². The first kappa shape index (κ1) is 11.1.